The van der Waals surface area contributed by atoms with Crippen molar-refractivity contribution in [1.82, 2.24) is 10.3 Å². The summed E-state index contributed by atoms with van der Waals surface area (Å²) in [6.07, 6.45) is 1.48. The molecule has 0 aliphatic heterocycles. The maximum Gasteiger partial charge on any atom is 0.418 e. The summed E-state index contributed by atoms with van der Waals surface area (Å²) in [5.74, 6) is 1.23. The molecule has 0 aromatic carbocycles. The average Bonchev–Trinajstić information content (AvgIpc) is 2.27. The summed E-state index contributed by atoms with van der Waals surface area (Å²) in [6.45, 7) is 1.48. The third-order valence-corrected chi connectivity index (χ3v) is 2.41. The molecule has 3 nitrogen and oxygen atoms in total. The number of amides is 1. The van der Waals surface area contributed by atoms with Gasteiger partial charge in [-0.3, -0.25) is 4.79 Å². The second-order valence-electron chi connectivity index (χ2n) is 3.41. The predicted octanol–water partition coefficient (Wildman–Crippen LogP) is 2.61. The van der Waals surface area contributed by atoms with Gasteiger partial charge in [0, 0.05) is 10.7 Å². The van der Waals surface area contributed by atoms with Crippen molar-refractivity contribution in [3.05, 3.63) is 28.0 Å². The fourth-order valence-electron chi connectivity index (χ4n) is 1.14. The van der Waals surface area contributed by atoms with Gasteiger partial charge in [-0.1, -0.05) is 5.92 Å². The molecule has 1 unspecified atom stereocenters. The van der Waals surface area contributed by atoms with Crippen LogP contribution in [-0.4, -0.2) is 16.9 Å². The summed E-state index contributed by atoms with van der Waals surface area (Å²) < 4.78 is 38.3. The molecule has 96 valence electrons. The van der Waals surface area contributed by atoms with Crippen molar-refractivity contribution < 1.29 is 18.0 Å². The summed E-state index contributed by atoms with van der Waals surface area (Å²) in [5.41, 5.74) is -1.81. The molecule has 0 saturated carbocycles. The highest BCUT2D eigenvalue weighted by Gasteiger charge is 2.36. The number of terminal acetylenes is 1. The molecule has 18 heavy (non-hydrogen) atoms. The molecule has 1 rings (SSSR count). The number of carbonyl (C=O) groups excluding carboxylic acids is 1. The van der Waals surface area contributed by atoms with Gasteiger partial charge in [0.1, 0.15) is 5.69 Å². The van der Waals surface area contributed by atoms with E-state index in [1.54, 1.807) is 0 Å². The number of hydrogen-bond acceptors (Lipinski definition) is 2. The molecule has 0 aliphatic rings. The Morgan fingerprint density at radius 1 is 1.61 bits per heavy atom. The van der Waals surface area contributed by atoms with Crippen molar-refractivity contribution in [2.45, 2.75) is 19.1 Å². The van der Waals surface area contributed by atoms with E-state index in [2.05, 4.69) is 32.2 Å². The van der Waals surface area contributed by atoms with Crippen LogP contribution in [0.25, 0.3) is 0 Å². The van der Waals surface area contributed by atoms with E-state index in [0.29, 0.717) is 0 Å². The molecular formula is C11H8BrF3N2O. The van der Waals surface area contributed by atoms with Gasteiger partial charge in [0.05, 0.1) is 11.6 Å². The van der Waals surface area contributed by atoms with E-state index >= 15 is 0 Å². The van der Waals surface area contributed by atoms with Gasteiger partial charge >= 0.3 is 6.18 Å². The van der Waals surface area contributed by atoms with Crippen LogP contribution < -0.4 is 5.32 Å². The van der Waals surface area contributed by atoms with Crippen LogP contribution in [0, 0.1) is 12.3 Å². The Morgan fingerprint density at radius 3 is 2.72 bits per heavy atom. The number of alkyl halides is 3. The number of nitrogens with one attached hydrogen (secondary N) is 1. The Balaban J connectivity index is 3.17. The first-order valence-electron chi connectivity index (χ1n) is 4.75. The molecule has 0 radical (unpaired) electrons. The molecule has 0 bridgehead atoms. The Kier molecular flexibility index (Phi) is 4.35. The van der Waals surface area contributed by atoms with Crippen LogP contribution in [-0.2, 0) is 6.18 Å². The molecule has 0 spiro atoms. The highest BCUT2D eigenvalue weighted by molar-refractivity contribution is 9.10. The monoisotopic (exact) mass is 320 g/mol. The largest absolute Gasteiger partial charge is 0.418 e. The molecule has 0 aliphatic carbocycles. The van der Waals surface area contributed by atoms with Crippen molar-refractivity contribution in [1.29, 1.82) is 0 Å². The topological polar surface area (TPSA) is 42.0 Å². The van der Waals surface area contributed by atoms with Gasteiger partial charge in [-0.25, -0.2) is 4.98 Å². The smallest absolute Gasteiger partial charge is 0.337 e. The fourth-order valence-corrected chi connectivity index (χ4v) is 1.47. The Hall–Kier alpha value is -1.55. The number of aromatic nitrogens is 1. The summed E-state index contributed by atoms with van der Waals surface area (Å²) in [7, 11) is 0. The van der Waals surface area contributed by atoms with Gasteiger partial charge in [-0.15, -0.1) is 6.42 Å². The molecule has 0 saturated heterocycles. The van der Waals surface area contributed by atoms with Crippen LogP contribution in [0.5, 0.6) is 0 Å². The van der Waals surface area contributed by atoms with Crippen LogP contribution in [0.3, 0.4) is 0 Å². The maximum absolute atomic E-state index is 12.7. The second kappa shape index (κ2) is 5.40. The molecule has 7 heteroatoms. The van der Waals surface area contributed by atoms with Gasteiger partial charge < -0.3 is 5.32 Å². The average molecular weight is 321 g/mol. The summed E-state index contributed by atoms with van der Waals surface area (Å²) in [4.78, 5) is 15.1. The molecule has 1 atom stereocenters. The first-order valence-corrected chi connectivity index (χ1v) is 5.54. The summed E-state index contributed by atoms with van der Waals surface area (Å²) >= 11 is 2.88. The van der Waals surface area contributed by atoms with Crippen LogP contribution >= 0.6 is 15.9 Å². The van der Waals surface area contributed by atoms with Crippen molar-refractivity contribution >= 4 is 21.8 Å². The van der Waals surface area contributed by atoms with E-state index in [9.17, 15) is 18.0 Å². The standard InChI is InChI=1S/C11H8BrF3N2O/c1-3-6(2)17-10(18)9-8(11(13,14)15)4-7(12)5-16-9/h1,4-6H,2H3,(H,17,18). The normalized spacial score (nSPS) is 12.7. The third-order valence-electron chi connectivity index (χ3n) is 1.97. The fraction of sp³-hybridized carbons (Fsp3) is 0.273. The van der Waals surface area contributed by atoms with E-state index < -0.39 is 29.4 Å². The molecule has 1 N–H and O–H groups in total. The van der Waals surface area contributed by atoms with Gasteiger partial charge in [-0.2, -0.15) is 13.2 Å². The molecular weight excluding hydrogens is 313 g/mol. The van der Waals surface area contributed by atoms with Gasteiger partial charge in [0.2, 0.25) is 0 Å². The number of pyridine rings is 1. The minimum Gasteiger partial charge on any atom is -0.337 e. The highest BCUT2D eigenvalue weighted by atomic mass is 79.9. The van der Waals surface area contributed by atoms with Gasteiger partial charge in [0.25, 0.3) is 5.91 Å². The second-order valence-corrected chi connectivity index (χ2v) is 4.32. The molecule has 0 fully saturated rings. The van der Waals surface area contributed by atoms with E-state index in [-0.39, 0.29) is 4.47 Å². The lowest BCUT2D eigenvalue weighted by Gasteiger charge is -2.13. The van der Waals surface area contributed by atoms with Crippen molar-refractivity contribution in [3.8, 4) is 12.3 Å². The van der Waals surface area contributed by atoms with Crippen LogP contribution in [0.2, 0.25) is 0 Å². The number of halogens is 4. The Morgan fingerprint density at radius 2 is 2.22 bits per heavy atom. The molecule has 1 amide bonds. The van der Waals surface area contributed by atoms with Crippen LogP contribution in [0.15, 0.2) is 16.7 Å². The van der Waals surface area contributed by atoms with Crippen LogP contribution in [0.1, 0.15) is 23.0 Å². The molecule has 1 aromatic rings. The minimum atomic E-state index is -4.66. The first-order chi connectivity index (χ1) is 8.25. The quantitative estimate of drug-likeness (QED) is 0.851. The van der Waals surface area contributed by atoms with E-state index in [1.165, 1.54) is 6.92 Å². The number of carbonyl (C=O) groups is 1. The van der Waals surface area contributed by atoms with Gasteiger partial charge in [-0.05, 0) is 28.9 Å². The van der Waals surface area contributed by atoms with Crippen molar-refractivity contribution in [2.24, 2.45) is 0 Å². The minimum absolute atomic E-state index is 0.136. The Labute approximate surface area is 110 Å². The number of nitrogens with zero attached hydrogens (tertiary/aromatic N) is 1. The van der Waals surface area contributed by atoms with E-state index in [0.717, 1.165) is 12.3 Å². The predicted molar refractivity (Wildman–Crippen MR) is 62.7 cm³/mol. The van der Waals surface area contributed by atoms with E-state index in [4.69, 9.17) is 6.42 Å². The summed E-state index contributed by atoms with van der Waals surface area (Å²) in [5, 5.41) is 2.22. The van der Waals surface area contributed by atoms with Gasteiger partial charge in [0.15, 0.2) is 0 Å². The zero-order valence-corrected chi connectivity index (χ0v) is 10.8. The lowest BCUT2D eigenvalue weighted by atomic mass is 10.1. The van der Waals surface area contributed by atoms with Crippen molar-refractivity contribution in [3.63, 3.8) is 0 Å². The maximum atomic E-state index is 12.7. The SMILES string of the molecule is C#CC(C)NC(=O)c1ncc(Br)cc1C(F)(F)F. The summed E-state index contributed by atoms with van der Waals surface area (Å²) in [6, 6.07) is 0.117. The zero-order chi connectivity index (χ0) is 13.9. The van der Waals surface area contributed by atoms with E-state index in [1.807, 2.05) is 0 Å². The lowest BCUT2D eigenvalue weighted by Crippen LogP contribution is -2.33. The first kappa shape index (κ1) is 14.5. The number of hydrogen-bond donors (Lipinski definition) is 1. The Bertz CT molecular complexity index is 508. The zero-order valence-electron chi connectivity index (χ0n) is 9.18. The number of rotatable bonds is 2. The lowest BCUT2D eigenvalue weighted by molar-refractivity contribution is -0.138. The molecule has 1 heterocycles. The third kappa shape index (κ3) is 3.47. The molecule has 1 aromatic heterocycles. The highest BCUT2D eigenvalue weighted by Crippen LogP contribution is 2.32. The van der Waals surface area contributed by atoms with Crippen LogP contribution in [0.4, 0.5) is 13.2 Å². The van der Waals surface area contributed by atoms with Crippen molar-refractivity contribution in [2.75, 3.05) is 0 Å².